The average molecular weight is 632 g/mol. The molecule has 3 aromatic rings. The van der Waals surface area contributed by atoms with Gasteiger partial charge in [0.15, 0.2) is 5.75 Å². The minimum absolute atomic E-state index is 0.0434. The first-order valence-corrected chi connectivity index (χ1v) is 16.6. The van der Waals surface area contributed by atoms with Gasteiger partial charge in [0.25, 0.3) is 15.9 Å². The lowest BCUT2D eigenvalue weighted by atomic mass is 10.1. The fourth-order valence-corrected chi connectivity index (χ4v) is 6.70. The van der Waals surface area contributed by atoms with Gasteiger partial charge in [-0.15, -0.1) is 0 Å². The Hall–Kier alpha value is -2.82. The molecule has 0 saturated carbocycles. The van der Waals surface area contributed by atoms with E-state index in [0.29, 0.717) is 40.2 Å². The lowest BCUT2D eigenvalue weighted by Gasteiger charge is -2.35. The van der Waals surface area contributed by atoms with Crippen LogP contribution >= 0.6 is 23.2 Å². The summed E-state index contributed by atoms with van der Waals surface area (Å²) < 4.78 is 34.9. The first-order chi connectivity index (χ1) is 20.3. The molecule has 0 atom stereocenters. The van der Waals surface area contributed by atoms with Crippen LogP contribution in [-0.2, 0) is 10.0 Å². The predicted molar refractivity (Wildman–Crippen MR) is 167 cm³/mol. The van der Waals surface area contributed by atoms with E-state index < -0.39 is 10.0 Å². The molecule has 0 aromatic heterocycles. The van der Waals surface area contributed by atoms with Crippen molar-refractivity contribution in [3.8, 4) is 11.5 Å². The molecule has 42 heavy (non-hydrogen) atoms. The maximum absolute atomic E-state index is 13.2. The van der Waals surface area contributed by atoms with Crippen LogP contribution in [0.3, 0.4) is 0 Å². The molecule has 0 bridgehead atoms. The van der Waals surface area contributed by atoms with E-state index in [9.17, 15) is 13.2 Å². The normalized spacial score (nSPS) is 16.8. The zero-order chi connectivity index (χ0) is 29.5. The van der Waals surface area contributed by atoms with Gasteiger partial charge in [-0.1, -0.05) is 41.8 Å². The largest absolute Gasteiger partial charge is 0.455 e. The van der Waals surface area contributed by atoms with Crippen molar-refractivity contribution in [3.63, 3.8) is 0 Å². The van der Waals surface area contributed by atoms with Crippen molar-refractivity contribution in [2.45, 2.75) is 30.6 Å². The molecular weight excluding hydrogens is 595 g/mol. The molecule has 0 aliphatic carbocycles. The van der Waals surface area contributed by atoms with E-state index in [2.05, 4.69) is 14.5 Å². The Balaban J connectivity index is 1.15. The van der Waals surface area contributed by atoms with E-state index >= 15 is 0 Å². The van der Waals surface area contributed by atoms with E-state index in [-0.39, 0.29) is 16.5 Å². The fourth-order valence-electron chi connectivity index (χ4n) is 5.35. The molecule has 2 aliphatic rings. The minimum Gasteiger partial charge on any atom is -0.455 e. The van der Waals surface area contributed by atoms with Crippen LogP contribution in [0.25, 0.3) is 0 Å². The van der Waals surface area contributed by atoms with Crippen LogP contribution in [0.5, 0.6) is 11.5 Å². The van der Waals surface area contributed by atoms with Gasteiger partial charge in [-0.05, 0) is 94.0 Å². The van der Waals surface area contributed by atoms with Crippen molar-refractivity contribution in [2.75, 3.05) is 57.1 Å². The number of hydrogen-bond acceptors (Lipinski definition) is 6. The molecule has 2 saturated heterocycles. The molecule has 5 rings (SSSR count). The number of rotatable bonds is 10. The average Bonchev–Trinajstić information content (AvgIpc) is 3.00. The SMILES string of the molecule is O=C(c1ccc(S(=O)(=O)Nc2ccccc2Oc2ccc(Cl)c(Cl)c2)cc1)N1CCN(CCCN2CCCCC2)CC1. The third-order valence-corrected chi connectivity index (χ3v) is 9.84. The zero-order valence-corrected chi connectivity index (χ0v) is 25.8. The van der Waals surface area contributed by atoms with E-state index in [1.165, 1.54) is 44.5 Å². The second kappa shape index (κ2) is 14.1. The summed E-state index contributed by atoms with van der Waals surface area (Å²) in [6, 6.07) is 17.5. The summed E-state index contributed by atoms with van der Waals surface area (Å²) in [4.78, 5) is 20.0. The smallest absolute Gasteiger partial charge is 0.262 e. The number of ether oxygens (including phenoxy) is 1. The Morgan fingerprint density at radius 2 is 1.45 bits per heavy atom. The highest BCUT2D eigenvalue weighted by molar-refractivity contribution is 7.92. The molecule has 2 aliphatic heterocycles. The van der Waals surface area contributed by atoms with Crippen molar-refractivity contribution in [3.05, 3.63) is 82.3 Å². The van der Waals surface area contributed by atoms with Crippen LogP contribution in [0.2, 0.25) is 10.0 Å². The summed E-state index contributed by atoms with van der Waals surface area (Å²) >= 11 is 12.1. The maximum atomic E-state index is 13.2. The Bertz CT molecular complexity index is 1470. The van der Waals surface area contributed by atoms with Gasteiger partial charge >= 0.3 is 0 Å². The maximum Gasteiger partial charge on any atom is 0.262 e. The van der Waals surface area contributed by atoms with E-state index in [4.69, 9.17) is 27.9 Å². The number of hydrogen-bond donors (Lipinski definition) is 1. The van der Waals surface area contributed by atoms with Crippen molar-refractivity contribution in [2.24, 2.45) is 0 Å². The molecule has 224 valence electrons. The predicted octanol–water partition coefficient (Wildman–Crippen LogP) is 6.22. The summed E-state index contributed by atoms with van der Waals surface area (Å²) in [5.74, 6) is 0.634. The Morgan fingerprint density at radius 1 is 0.786 bits per heavy atom. The van der Waals surface area contributed by atoms with Crippen LogP contribution in [0, 0.1) is 0 Å². The number of piperidine rings is 1. The number of likely N-dealkylation sites (tertiary alicyclic amines) is 1. The monoisotopic (exact) mass is 630 g/mol. The molecule has 1 N–H and O–H groups in total. The second-order valence-electron chi connectivity index (χ2n) is 10.7. The molecule has 3 aromatic carbocycles. The number of para-hydroxylation sites is 2. The standard InChI is InChI=1S/C31H36Cl2N4O4S/c32-27-14-11-25(23-28(27)33)41-30-8-3-2-7-29(30)34-42(39,40)26-12-9-24(10-13-26)31(38)37-21-19-36(20-22-37)18-6-17-35-15-4-1-5-16-35/h2-3,7-14,23,34H,1,4-6,15-22H2. The zero-order valence-electron chi connectivity index (χ0n) is 23.5. The van der Waals surface area contributed by atoms with Gasteiger partial charge in [0.05, 0.1) is 20.6 Å². The molecule has 0 unspecified atom stereocenters. The highest BCUT2D eigenvalue weighted by Crippen LogP contribution is 2.34. The highest BCUT2D eigenvalue weighted by atomic mass is 35.5. The van der Waals surface area contributed by atoms with Gasteiger partial charge in [-0.2, -0.15) is 0 Å². The van der Waals surface area contributed by atoms with Crippen molar-refractivity contribution in [1.29, 1.82) is 0 Å². The second-order valence-corrected chi connectivity index (χ2v) is 13.2. The number of carbonyl (C=O) groups is 1. The quantitative estimate of drug-likeness (QED) is 0.286. The van der Waals surface area contributed by atoms with Gasteiger partial charge < -0.3 is 14.5 Å². The summed E-state index contributed by atoms with van der Waals surface area (Å²) in [7, 11) is -3.95. The van der Waals surface area contributed by atoms with Gasteiger partial charge in [-0.25, -0.2) is 8.42 Å². The summed E-state index contributed by atoms with van der Waals surface area (Å²) in [6.07, 6.45) is 5.14. The van der Waals surface area contributed by atoms with Gasteiger partial charge in [0.1, 0.15) is 5.75 Å². The number of carbonyl (C=O) groups excluding carboxylic acids is 1. The number of halogens is 2. The summed E-state index contributed by atoms with van der Waals surface area (Å²) in [5, 5.41) is 0.715. The molecule has 0 spiro atoms. The molecule has 0 radical (unpaired) electrons. The number of amides is 1. The van der Waals surface area contributed by atoms with Crippen molar-refractivity contribution in [1.82, 2.24) is 14.7 Å². The Labute approximate surface area is 258 Å². The number of nitrogens with zero attached hydrogens (tertiary/aromatic N) is 3. The molecule has 11 heteroatoms. The molecular formula is C31H36Cl2N4O4S. The van der Waals surface area contributed by atoms with Gasteiger partial charge in [0.2, 0.25) is 0 Å². The first kappa shape index (κ1) is 30.6. The number of nitrogens with one attached hydrogen (secondary N) is 1. The van der Waals surface area contributed by atoms with Crippen LogP contribution in [-0.4, -0.2) is 81.4 Å². The molecule has 8 nitrogen and oxygen atoms in total. The number of anilines is 1. The first-order valence-electron chi connectivity index (χ1n) is 14.4. The topological polar surface area (TPSA) is 82.2 Å². The Morgan fingerprint density at radius 3 is 2.14 bits per heavy atom. The molecule has 1 amide bonds. The summed E-state index contributed by atoms with van der Waals surface area (Å²) in [5.41, 5.74) is 0.730. The van der Waals surface area contributed by atoms with Crippen molar-refractivity contribution >= 4 is 44.8 Å². The number of benzene rings is 3. The number of sulfonamides is 1. The van der Waals surface area contributed by atoms with E-state index in [1.807, 2.05) is 4.90 Å². The number of piperazine rings is 1. The van der Waals surface area contributed by atoms with Gasteiger partial charge in [-0.3, -0.25) is 14.4 Å². The lowest BCUT2D eigenvalue weighted by molar-refractivity contribution is 0.0630. The van der Waals surface area contributed by atoms with Crippen LogP contribution in [0.15, 0.2) is 71.6 Å². The van der Waals surface area contributed by atoms with Crippen molar-refractivity contribution < 1.29 is 17.9 Å². The minimum atomic E-state index is -3.95. The lowest BCUT2D eigenvalue weighted by Crippen LogP contribution is -2.49. The summed E-state index contributed by atoms with van der Waals surface area (Å²) in [6.45, 7) is 7.69. The van der Waals surface area contributed by atoms with Crippen LogP contribution in [0.1, 0.15) is 36.0 Å². The van der Waals surface area contributed by atoms with Gasteiger partial charge in [0, 0.05) is 37.8 Å². The molecule has 2 fully saturated rings. The Kier molecular flexibility index (Phi) is 10.3. The third-order valence-electron chi connectivity index (χ3n) is 7.72. The fraction of sp³-hybridized carbons (Fsp3) is 0.387. The van der Waals surface area contributed by atoms with E-state index in [0.717, 1.165) is 32.6 Å². The van der Waals surface area contributed by atoms with E-state index in [1.54, 1.807) is 54.6 Å². The van der Waals surface area contributed by atoms with Crippen LogP contribution < -0.4 is 9.46 Å². The van der Waals surface area contributed by atoms with Crippen LogP contribution in [0.4, 0.5) is 5.69 Å². The third kappa shape index (κ3) is 7.96. The molecule has 2 heterocycles. The highest BCUT2D eigenvalue weighted by Gasteiger charge is 2.23.